The average molecular weight is 196 g/mol. The van der Waals surface area contributed by atoms with Crippen molar-refractivity contribution in [3.63, 3.8) is 0 Å². The summed E-state index contributed by atoms with van der Waals surface area (Å²) in [5.74, 6) is -1.17. The van der Waals surface area contributed by atoms with Gasteiger partial charge in [-0.05, 0) is 26.7 Å². The van der Waals surface area contributed by atoms with Crippen molar-refractivity contribution in [1.82, 2.24) is 0 Å². The van der Waals surface area contributed by atoms with E-state index in [0.717, 1.165) is 12.8 Å². The van der Waals surface area contributed by atoms with Crippen molar-refractivity contribution in [2.75, 3.05) is 0 Å². The quantitative estimate of drug-likeness (QED) is 0.421. The van der Waals surface area contributed by atoms with Crippen molar-refractivity contribution >= 4 is 11.9 Å². The highest BCUT2D eigenvalue weighted by atomic mass is 16.6. The van der Waals surface area contributed by atoms with Gasteiger partial charge in [-0.2, -0.15) is 0 Å². The van der Waals surface area contributed by atoms with Crippen LogP contribution in [0.15, 0.2) is 0 Å². The lowest BCUT2D eigenvalue weighted by molar-refractivity contribution is -0.162. The van der Waals surface area contributed by atoms with Crippen LogP contribution in [0.4, 0.5) is 0 Å². The Morgan fingerprint density at radius 1 is 1.36 bits per heavy atom. The number of hydrogen-bond acceptors (Lipinski definition) is 4. The number of rotatable bonds is 0. The third kappa shape index (κ3) is 0.610. The minimum Gasteiger partial charge on any atom is -0.392 e. The second-order valence-corrected chi connectivity index (χ2v) is 4.81. The molecule has 0 amide bonds. The molecule has 0 aromatic rings. The third-order valence-corrected chi connectivity index (χ3v) is 4.28. The van der Waals surface area contributed by atoms with Crippen LogP contribution in [-0.2, 0) is 19.1 Å². The molecule has 0 N–H and O–H groups in total. The second kappa shape index (κ2) is 2.03. The van der Waals surface area contributed by atoms with E-state index in [1.54, 1.807) is 6.92 Å². The van der Waals surface area contributed by atoms with Crippen LogP contribution in [-0.4, -0.2) is 23.6 Å². The van der Waals surface area contributed by atoms with Crippen molar-refractivity contribution in [3.8, 4) is 0 Å². The van der Waals surface area contributed by atoms with Gasteiger partial charge in [0.05, 0.1) is 11.7 Å². The topological polar surface area (TPSA) is 52.6 Å². The van der Waals surface area contributed by atoms with Gasteiger partial charge in [-0.1, -0.05) is 0 Å². The molecule has 3 saturated heterocycles. The van der Waals surface area contributed by atoms with Gasteiger partial charge in [0.2, 0.25) is 0 Å². The smallest absolute Gasteiger partial charge is 0.323 e. The van der Waals surface area contributed by atoms with Crippen LogP contribution in [0.5, 0.6) is 0 Å². The molecule has 4 atom stereocenters. The van der Waals surface area contributed by atoms with Gasteiger partial charge in [0.1, 0.15) is 11.3 Å². The van der Waals surface area contributed by atoms with E-state index < -0.39 is 23.0 Å². The van der Waals surface area contributed by atoms with E-state index >= 15 is 0 Å². The van der Waals surface area contributed by atoms with Gasteiger partial charge in [0.15, 0.2) is 0 Å². The number of ether oxygens (including phenoxy) is 2. The molecule has 2 bridgehead atoms. The molecular weight excluding hydrogens is 184 g/mol. The fourth-order valence-corrected chi connectivity index (χ4v) is 3.18. The predicted octanol–water partition coefficient (Wildman–Crippen LogP) is 0.644. The highest BCUT2D eigenvalue weighted by molar-refractivity contribution is 6.01. The lowest BCUT2D eigenvalue weighted by Crippen LogP contribution is -2.47. The summed E-state index contributed by atoms with van der Waals surface area (Å²) in [4.78, 5) is 23.1. The van der Waals surface area contributed by atoms with Crippen LogP contribution in [0.1, 0.15) is 26.7 Å². The summed E-state index contributed by atoms with van der Waals surface area (Å²) >= 11 is 0. The molecule has 0 aromatic carbocycles. The molecule has 4 heteroatoms. The van der Waals surface area contributed by atoms with E-state index in [4.69, 9.17) is 9.47 Å². The molecule has 4 nitrogen and oxygen atoms in total. The molecule has 0 radical (unpaired) electrons. The molecule has 0 aromatic heterocycles. The molecule has 0 aliphatic carbocycles. The summed E-state index contributed by atoms with van der Waals surface area (Å²) < 4.78 is 10.5. The highest BCUT2D eigenvalue weighted by Gasteiger charge is 2.74. The molecule has 0 unspecified atom stereocenters. The fraction of sp³-hybridized carbons (Fsp3) is 0.800. The van der Waals surface area contributed by atoms with Gasteiger partial charge in [0.25, 0.3) is 0 Å². The van der Waals surface area contributed by atoms with Crippen LogP contribution in [0.2, 0.25) is 0 Å². The molecule has 14 heavy (non-hydrogen) atoms. The molecule has 76 valence electrons. The molecule has 0 spiro atoms. The number of esters is 2. The average Bonchev–Trinajstić information content (AvgIpc) is 2.63. The van der Waals surface area contributed by atoms with E-state index in [9.17, 15) is 9.59 Å². The van der Waals surface area contributed by atoms with Crippen LogP contribution >= 0.6 is 0 Å². The zero-order valence-corrected chi connectivity index (χ0v) is 8.20. The lowest BCUT2D eigenvalue weighted by Gasteiger charge is -2.34. The van der Waals surface area contributed by atoms with Crippen molar-refractivity contribution in [2.24, 2.45) is 11.3 Å². The first kappa shape index (κ1) is 8.41. The molecule has 3 aliphatic heterocycles. The van der Waals surface area contributed by atoms with E-state index in [2.05, 4.69) is 0 Å². The molecule has 3 rings (SSSR count). The van der Waals surface area contributed by atoms with Crippen molar-refractivity contribution < 1.29 is 19.1 Å². The number of carbonyl (C=O) groups is 2. The van der Waals surface area contributed by atoms with Crippen LogP contribution in [0.25, 0.3) is 0 Å². The predicted molar refractivity (Wildman–Crippen MR) is 45.2 cm³/mol. The Morgan fingerprint density at radius 2 is 2.07 bits per heavy atom. The minimum absolute atomic E-state index is 0.107. The molecule has 3 aliphatic rings. The molecule has 3 fully saturated rings. The molecular formula is C10H12O4. The minimum atomic E-state index is -0.743. The summed E-state index contributed by atoms with van der Waals surface area (Å²) in [5.41, 5.74) is -1.24. The number of cyclic esters (lactones) is 2. The van der Waals surface area contributed by atoms with E-state index in [1.165, 1.54) is 0 Å². The lowest BCUT2D eigenvalue weighted by atomic mass is 9.62. The first-order valence-electron chi connectivity index (χ1n) is 4.93. The van der Waals surface area contributed by atoms with Gasteiger partial charge < -0.3 is 9.47 Å². The van der Waals surface area contributed by atoms with Gasteiger partial charge in [-0.3, -0.25) is 9.59 Å². The fourth-order valence-electron chi connectivity index (χ4n) is 3.18. The molecule has 3 heterocycles. The first-order valence-corrected chi connectivity index (χ1v) is 4.93. The zero-order valence-electron chi connectivity index (χ0n) is 8.20. The summed E-state index contributed by atoms with van der Waals surface area (Å²) in [6, 6.07) is 0. The zero-order chi connectivity index (χ0) is 10.1. The summed E-state index contributed by atoms with van der Waals surface area (Å²) in [7, 11) is 0. The van der Waals surface area contributed by atoms with Crippen molar-refractivity contribution in [2.45, 2.75) is 38.4 Å². The summed E-state index contributed by atoms with van der Waals surface area (Å²) in [6.45, 7) is 3.71. The van der Waals surface area contributed by atoms with Crippen LogP contribution in [0.3, 0.4) is 0 Å². The Hall–Kier alpha value is -0.900. The van der Waals surface area contributed by atoms with Gasteiger partial charge in [0, 0.05) is 0 Å². The SMILES string of the molecule is C[C@]12C(=O)OC(=O)[C@@H]1[C@@H]1CC[C@]2(C)O1. The maximum absolute atomic E-state index is 11.7. The highest BCUT2D eigenvalue weighted by Crippen LogP contribution is 2.61. The number of carbonyl (C=O) groups excluding carboxylic acids is 2. The largest absolute Gasteiger partial charge is 0.392 e. The van der Waals surface area contributed by atoms with E-state index in [1.807, 2.05) is 6.92 Å². The second-order valence-electron chi connectivity index (χ2n) is 4.81. The Balaban J connectivity index is 2.18. The third-order valence-electron chi connectivity index (χ3n) is 4.28. The van der Waals surface area contributed by atoms with Crippen LogP contribution < -0.4 is 0 Å². The van der Waals surface area contributed by atoms with Crippen molar-refractivity contribution in [3.05, 3.63) is 0 Å². The van der Waals surface area contributed by atoms with Crippen molar-refractivity contribution in [1.29, 1.82) is 0 Å². The standard InChI is InChI=1S/C10H12O4/c1-9-4-3-5(14-9)6-7(11)13-8(12)10(6,9)2/h5-6H,3-4H2,1-2H3/t5-,6-,9-,10+/m0/s1. The van der Waals surface area contributed by atoms with E-state index in [0.29, 0.717) is 0 Å². The number of fused-ring (bicyclic) bond motifs is 5. The summed E-state index contributed by atoms with van der Waals surface area (Å²) in [5, 5.41) is 0. The van der Waals surface area contributed by atoms with Gasteiger partial charge >= 0.3 is 11.9 Å². The Morgan fingerprint density at radius 3 is 2.71 bits per heavy atom. The molecule has 0 saturated carbocycles. The van der Waals surface area contributed by atoms with E-state index in [-0.39, 0.29) is 12.0 Å². The normalized spacial score (nSPS) is 55.0. The Bertz CT molecular complexity index is 350. The summed E-state index contributed by atoms with van der Waals surface area (Å²) in [6.07, 6.45) is 1.59. The maximum atomic E-state index is 11.7. The monoisotopic (exact) mass is 196 g/mol. The van der Waals surface area contributed by atoms with Gasteiger partial charge in [-0.15, -0.1) is 0 Å². The maximum Gasteiger partial charge on any atom is 0.323 e. The Labute approximate surface area is 81.6 Å². The Kier molecular flexibility index (Phi) is 1.22. The van der Waals surface area contributed by atoms with Gasteiger partial charge in [-0.25, -0.2) is 0 Å². The van der Waals surface area contributed by atoms with Crippen LogP contribution in [0, 0.1) is 11.3 Å². The number of hydrogen-bond donors (Lipinski definition) is 0. The first-order chi connectivity index (χ1) is 6.49.